The van der Waals surface area contributed by atoms with Crippen molar-refractivity contribution in [2.75, 3.05) is 42.6 Å². The van der Waals surface area contributed by atoms with Crippen molar-refractivity contribution in [3.8, 4) is 5.75 Å². The standard InChI is InChI=1S/C53H53N7O8S3/c1-7-67-57-43(42-34-71-50(54-42)56-53(37-17-11-8-12-18-37,38-19-13-9-14-20-38)39-21-15-10-16-22-39)46(61)55-44-47(62)60-45(49(63)66-31-35-23-25-40(65-6)26-24-35)36(33-70-48(44)60)32-69-41-27-29-59(30-28-41)58(5)51(64)68-52(2,3)4/h8-30,34,44,48H,7,31-33H2,1-6H3,(H-,54,55,56,61)/p+1/t44-,48-/m1/s1. The second kappa shape index (κ2) is 22.3. The summed E-state index contributed by atoms with van der Waals surface area (Å²) in [6.45, 7) is 7.30. The third-order valence-corrected chi connectivity index (χ3v) is 14.6. The Kier molecular flexibility index (Phi) is 15.8. The maximum atomic E-state index is 14.3. The lowest BCUT2D eigenvalue weighted by atomic mass is 9.77. The first-order valence-corrected chi connectivity index (χ1v) is 25.7. The molecule has 0 saturated carbocycles. The summed E-state index contributed by atoms with van der Waals surface area (Å²) in [5, 5.41) is 13.8. The van der Waals surface area contributed by atoms with E-state index in [0.717, 1.165) is 27.1 Å². The Bertz CT molecular complexity index is 2800. The number of thiazole rings is 1. The van der Waals surface area contributed by atoms with Crippen LogP contribution in [-0.4, -0.2) is 88.8 Å². The SMILES string of the molecule is CCON=C(C(=O)N[C@@H]1C(=O)N2C(C(=O)OCc3ccc(OC)cc3)=C(CSc3cc[n+](N(C)C(=O)OC(C)(C)C)cc3)CS[C@H]12)c1csc(NC(c2ccccc2)(c2ccccc2)c2ccccc2)n1. The van der Waals surface area contributed by atoms with Gasteiger partial charge in [-0.1, -0.05) is 118 Å². The summed E-state index contributed by atoms with van der Waals surface area (Å²) in [7, 11) is 3.18. The molecule has 0 radical (unpaired) electrons. The number of thioether (sulfide) groups is 2. The molecule has 366 valence electrons. The molecular weight excluding hydrogens is 959 g/mol. The van der Waals surface area contributed by atoms with Crippen LogP contribution in [0.2, 0.25) is 0 Å². The summed E-state index contributed by atoms with van der Waals surface area (Å²) >= 11 is 4.21. The van der Waals surface area contributed by atoms with Crippen LogP contribution in [0.5, 0.6) is 5.75 Å². The van der Waals surface area contributed by atoms with Crippen molar-refractivity contribution in [2.45, 2.75) is 61.8 Å². The number of esters is 1. The zero-order valence-electron chi connectivity index (χ0n) is 40.1. The van der Waals surface area contributed by atoms with E-state index >= 15 is 0 Å². The number of β-lactam (4-membered cyclic amide) rings is 1. The third kappa shape index (κ3) is 11.4. The molecule has 2 aliphatic heterocycles. The van der Waals surface area contributed by atoms with Crippen LogP contribution in [0.3, 0.4) is 0 Å². The molecule has 71 heavy (non-hydrogen) atoms. The van der Waals surface area contributed by atoms with Crippen LogP contribution in [0.4, 0.5) is 9.93 Å². The number of anilines is 1. The zero-order chi connectivity index (χ0) is 50.1. The van der Waals surface area contributed by atoms with Gasteiger partial charge in [0.2, 0.25) is 12.4 Å². The quantitative estimate of drug-likeness (QED) is 0.0161. The average molecular weight is 1010 g/mol. The van der Waals surface area contributed by atoms with Gasteiger partial charge in [-0.15, -0.1) is 34.9 Å². The molecule has 4 heterocycles. The predicted octanol–water partition coefficient (Wildman–Crippen LogP) is 8.28. The second-order valence-electron chi connectivity index (χ2n) is 17.3. The van der Waals surface area contributed by atoms with Crippen LogP contribution < -0.4 is 25.1 Å². The van der Waals surface area contributed by atoms with Crippen LogP contribution in [-0.2, 0) is 40.8 Å². The molecule has 4 aromatic carbocycles. The highest BCUT2D eigenvalue weighted by Gasteiger charge is 2.55. The van der Waals surface area contributed by atoms with Crippen LogP contribution in [0, 0.1) is 0 Å². The van der Waals surface area contributed by atoms with E-state index < -0.39 is 46.4 Å². The predicted molar refractivity (Wildman–Crippen MR) is 276 cm³/mol. The number of amides is 3. The molecule has 0 spiro atoms. The van der Waals surface area contributed by atoms with Gasteiger partial charge in [0.1, 0.15) is 52.9 Å². The van der Waals surface area contributed by atoms with Crippen LogP contribution >= 0.6 is 34.9 Å². The van der Waals surface area contributed by atoms with E-state index in [1.54, 1.807) is 88.6 Å². The number of oxime groups is 1. The smallest absolute Gasteiger partial charge is 0.463 e. The van der Waals surface area contributed by atoms with Crippen molar-refractivity contribution in [1.29, 1.82) is 0 Å². The molecule has 2 N–H and O–H groups in total. The number of fused-ring (bicyclic) bond motifs is 1. The molecule has 0 bridgehead atoms. The fraction of sp³-hybridized carbons (Fsp3) is 0.264. The Morgan fingerprint density at radius 1 is 0.887 bits per heavy atom. The summed E-state index contributed by atoms with van der Waals surface area (Å²) in [5.74, 6) is -0.415. The number of rotatable bonds is 18. The Morgan fingerprint density at radius 2 is 1.49 bits per heavy atom. The topological polar surface area (TPSA) is 165 Å². The summed E-state index contributed by atoms with van der Waals surface area (Å²) < 4.78 is 18.2. The van der Waals surface area contributed by atoms with Gasteiger partial charge in [-0.2, -0.15) is 0 Å². The van der Waals surface area contributed by atoms with E-state index in [2.05, 4.69) is 52.2 Å². The van der Waals surface area contributed by atoms with Crippen LogP contribution in [0.1, 0.15) is 55.6 Å². The van der Waals surface area contributed by atoms with Crippen molar-refractivity contribution in [3.05, 3.63) is 184 Å². The fourth-order valence-corrected chi connectivity index (χ4v) is 11.1. The van der Waals surface area contributed by atoms with E-state index in [1.807, 2.05) is 66.7 Å². The highest BCUT2D eigenvalue weighted by atomic mass is 32.2. The van der Waals surface area contributed by atoms with Gasteiger partial charge in [0.05, 0.1) is 14.2 Å². The first-order chi connectivity index (χ1) is 34.3. The third-order valence-electron chi connectivity index (χ3n) is 11.4. The monoisotopic (exact) mass is 1010 g/mol. The van der Waals surface area contributed by atoms with Gasteiger partial charge in [0.15, 0.2) is 10.8 Å². The molecule has 18 heteroatoms. The molecule has 8 rings (SSSR count). The maximum Gasteiger partial charge on any atom is 0.463 e. The van der Waals surface area contributed by atoms with E-state index in [9.17, 15) is 19.2 Å². The fourth-order valence-electron chi connectivity index (χ4n) is 7.94. The van der Waals surface area contributed by atoms with Gasteiger partial charge in [-0.25, -0.2) is 14.6 Å². The molecule has 1 fully saturated rings. The first kappa shape index (κ1) is 50.2. The Hall–Kier alpha value is -7.15. The van der Waals surface area contributed by atoms with Crippen molar-refractivity contribution in [2.24, 2.45) is 5.16 Å². The summed E-state index contributed by atoms with van der Waals surface area (Å²) in [4.78, 5) is 68.1. The lowest BCUT2D eigenvalue weighted by Crippen LogP contribution is -2.71. The van der Waals surface area contributed by atoms with Gasteiger partial charge in [0.25, 0.3) is 11.8 Å². The number of carbonyl (C=O) groups excluding carboxylic acids is 4. The maximum absolute atomic E-state index is 14.3. The van der Waals surface area contributed by atoms with E-state index in [4.69, 9.17) is 24.0 Å². The van der Waals surface area contributed by atoms with Crippen LogP contribution in [0.25, 0.3) is 0 Å². The first-order valence-electron chi connectivity index (χ1n) is 22.8. The Balaban J connectivity index is 1.02. The van der Waals surface area contributed by atoms with E-state index in [-0.39, 0.29) is 30.3 Å². The van der Waals surface area contributed by atoms with Crippen molar-refractivity contribution >= 4 is 69.6 Å². The molecule has 2 aromatic heterocycles. The number of carbonyl (C=O) groups is 4. The molecule has 3 amide bonds. The number of nitrogens with zero attached hydrogens (tertiary/aromatic N) is 5. The Labute approximate surface area is 425 Å². The van der Waals surface area contributed by atoms with E-state index in [1.165, 1.54) is 44.8 Å². The second-order valence-corrected chi connectivity index (χ2v) is 20.3. The number of hydrogen-bond acceptors (Lipinski definition) is 14. The summed E-state index contributed by atoms with van der Waals surface area (Å²) in [5.41, 5.74) is 3.10. The molecule has 6 aromatic rings. The number of aromatic nitrogens is 2. The highest BCUT2D eigenvalue weighted by Crippen LogP contribution is 2.43. The lowest BCUT2D eigenvalue weighted by molar-refractivity contribution is -0.681. The lowest BCUT2D eigenvalue weighted by Gasteiger charge is -2.49. The van der Waals surface area contributed by atoms with Gasteiger partial charge in [0, 0.05) is 33.9 Å². The number of methoxy groups -OCH3 is 1. The van der Waals surface area contributed by atoms with Gasteiger partial charge < -0.3 is 29.7 Å². The number of pyridine rings is 1. The number of benzene rings is 4. The summed E-state index contributed by atoms with van der Waals surface area (Å²) in [6.07, 6.45) is 2.97. The van der Waals surface area contributed by atoms with Gasteiger partial charge in [-0.3, -0.25) is 14.5 Å². The molecule has 2 atom stereocenters. The molecular formula is C53H54N7O8S3+. The van der Waals surface area contributed by atoms with Gasteiger partial charge >= 0.3 is 12.1 Å². The minimum absolute atomic E-state index is 0.0402. The van der Waals surface area contributed by atoms with Crippen molar-refractivity contribution < 1.29 is 42.9 Å². The molecule has 0 aliphatic carbocycles. The largest absolute Gasteiger partial charge is 0.497 e. The molecule has 0 unspecified atom stereocenters. The molecule has 2 aliphatic rings. The van der Waals surface area contributed by atoms with Crippen LogP contribution in [0.15, 0.2) is 166 Å². The number of nitrogens with one attached hydrogen (secondary N) is 2. The molecule has 1 saturated heterocycles. The summed E-state index contributed by atoms with van der Waals surface area (Å²) in [6, 6.07) is 40.1. The minimum atomic E-state index is -0.998. The van der Waals surface area contributed by atoms with Gasteiger partial charge in [-0.05, 0) is 67.7 Å². The highest BCUT2D eigenvalue weighted by molar-refractivity contribution is 8.01. The van der Waals surface area contributed by atoms with Crippen molar-refractivity contribution in [1.82, 2.24) is 15.2 Å². The number of ether oxygens (including phenoxy) is 3. The zero-order valence-corrected chi connectivity index (χ0v) is 42.5. The minimum Gasteiger partial charge on any atom is -0.497 e. The number of hydrogen-bond donors (Lipinski definition) is 2. The Morgan fingerprint density at radius 3 is 2.06 bits per heavy atom. The average Bonchev–Trinajstić information content (AvgIpc) is 3.86. The van der Waals surface area contributed by atoms with E-state index in [0.29, 0.717) is 28.0 Å². The molecule has 15 nitrogen and oxygen atoms in total. The normalized spacial score (nSPS) is 15.8. The van der Waals surface area contributed by atoms with Crippen molar-refractivity contribution in [3.63, 3.8) is 0 Å².